The zero-order valence-electron chi connectivity index (χ0n) is 15.7. The second kappa shape index (κ2) is 7.53. The molecule has 1 N–H and O–H groups in total. The van der Waals surface area contributed by atoms with E-state index in [4.69, 9.17) is 0 Å². The van der Waals surface area contributed by atoms with Gasteiger partial charge in [0.2, 0.25) is 0 Å². The van der Waals surface area contributed by atoms with E-state index in [-0.39, 0.29) is 11.3 Å². The van der Waals surface area contributed by atoms with Crippen LogP contribution >= 0.6 is 11.3 Å². The van der Waals surface area contributed by atoms with Gasteiger partial charge < -0.3 is 5.11 Å². The highest BCUT2D eigenvalue weighted by Crippen LogP contribution is 2.29. The van der Waals surface area contributed by atoms with E-state index in [0.29, 0.717) is 26.2 Å². The molecule has 8 nitrogen and oxygen atoms in total. The van der Waals surface area contributed by atoms with Crippen molar-refractivity contribution >= 4 is 29.1 Å². The topological polar surface area (TPSA) is 115 Å². The van der Waals surface area contributed by atoms with Crippen molar-refractivity contribution in [1.29, 1.82) is 0 Å². The van der Waals surface area contributed by atoms with Crippen molar-refractivity contribution in [2.45, 2.75) is 13.0 Å². The highest BCUT2D eigenvalue weighted by Gasteiger charge is 2.32. The molecule has 0 aliphatic carbocycles. The number of benzene rings is 2. The predicted molar refractivity (Wildman–Crippen MR) is 111 cm³/mol. The zero-order chi connectivity index (χ0) is 21.4. The van der Waals surface area contributed by atoms with Gasteiger partial charge in [-0.05, 0) is 24.1 Å². The highest BCUT2D eigenvalue weighted by atomic mass is 32.1. The number of non-ortho nitro benzene ring substituents is 1. The first kappa shape index (κ1) is 19.5. The van der Waals surface area contributed by atoms with Crippen molar-refractivity contribution in [1.82, 2.24) is 4.57 Å². The van der Waals surface area contributed by atoms with Gasteiger partial charge in [0.25, 0.3) is 11.2 Å². The summed E-state index contributed by atoms with van der Waals surface area (Å²) in [6.07, 6.45) is 1.55. The molecular formula is C21H15N3O5S. The van der Waals surface area contributed by atoms with Gasteiger partial charge in [0.15, 0.2) is 4.80 Å². The lowest BCUT2D eigenvalue weighted by atomic mass is 9.96. The molecular weight excluding hydrogens is 406 g/mol. The quantitative estimate of drug-likeness (QED) is 0.512. The lowest BCUT2D eigenvalue weighted by molar-refractivity contribution is -0.384. The first-order chi connectivity index (χ1) is 14.4. The molecule has 0 amide bonds. The highest BCUT2D eigenvalue weighted by molar-refractivity contribution is 7.07. The van der Waals surface area contributed by atoms with E-state index in [0.717, 1.165) is 11.3 Å². The normalized spacial score (nSPS) is 16.2. The number of thiazole rings is 1. The summed E-state index contributed by atoms with van der Waals surface area (Å²) in [5.74, 6) is -1.14. The molecule has 9 heteroatoms. The lowest BCUT2D eigenvalue weighted by Crippen LogP contribution is -2.39. The number of carboxylic acid groups (broad SMARTS) is 1. The van der Waals surface area contributed by atoms with Crippen LogP contribution in [0.5, 0.6) is 0 Å². The Morgan fingerprint density at radius 1 is 1.23 bits per heavy atom. The van der Waals surface area contributed by atoms with Crippen LogP contribution in [0.25, 0.3) is 6.08 Å². The van der Waals surface area contributed by atoms with Gasteiger partial charge >= 0.3 is 5.97 Å². The van der Waals surface area contributed by atoms with Gasteiger partial charge in [0, 0.05) is 12.1 Å². The van der Waals surface area contributed by atoms with E-state index < -0.39 is 22.5 Å². The fraction of sp³-hybridized carbons (Fsp3) is 0.0952. The van der Waals surface area contributed by atoms with E-state index in [9.17, 15) is 24.8 Å². The van der Waals surface area contributed by atoms with Gasteiger partial charge in [-0.3, -0.25) is 19.5 Å². The zero-order valence-corrected chi connectivity index (χ0v) is 16.5. The summed E-state index contributed by atoms with van der Waals surface area (Å²) in [4.78, 5) is 40.4. The number of aliphatic carboxylic acids is 1. The molecule has 1 atom stereocenters. The van der Waals surface area contributed by atoms with Crippen LogP contribution in [0.3, 0.4) is 0 Å². The largest absolute Gasteiger partial charge is 0.478 e. The molecule has 1 aliphatic heterocycles. The van der Waals surface area contributed by atoms with E-state index in [1.807, 2.05) is 6.07 Å². The number of carboxylic acids is 1. The van der Waals surface area contributed by atoms with Crippen LogP contribution in [0.2, 0.25) is 0 Å². The summed E-state index contributed by atoms with van der Waals surface area (Å²) in [7, 11) is 0. The molecule has 0 bridgehead atoms. The molecule has 150 valence electrons. The molecule has 2 heterocycles. The third-order valence-corrected chi connectivity index (χ3v) is 5.73. The second-order valence-electron chi connectivity index (χ2n) is 6.65. The monoisotopic (exact) mass is 421 g/mol. The number of rotatable bonds is 4. The fourth-order valence-corrected chi connectivity index (χ4v) is 4.47. The first-order valence-corrected chi connectivity index (χ1v) is 9.73. The Morgan fingerprint density at radius 3 is 2.63 bits per heavy atom. The number of carbonyl (C=O) groups is 1. The van der Waals surface area contributed by atoms with Gasteiger partial charge in [0.1, 0.15) is 0 Å². The number of nitro groups is 1. The third kappa shape index (κ3) is 3.35. The average Bonchev–Trinajstić information content (AvgIpc) is 3.02. The van der Waals surface area contributed by atoms with Crippen LogP contribution in [0.4, 0.5) is 5.69 Å². The summed E-state index contributed by atoms with van der Waals surface area (Å²) in [5, 5.41) is 20.8. The minimum Gasteiger partial charge on any atom is -0.478 e. The van der Waals surface area contributed by atoms with Crippen molar-refractivity contribution in [2.24, 2.45) is 4.99 Å². The van der Waals surface area contributed by atoms with Crippen LogP contribution in [0.1, 0.15) is 24.1 Å². The summed E-state index contributed by atoms with van der Waals surface area (Å²) >= 11 is 1.12. The van der Waals surface area contributed by atoms with Gasteiger partial charge in [-0.1, -0.05) is 53.8 Å². The van der Waals surface area contributed by atoms with Crippen molar-refractivity contribution in [2.75, 3.05) is 0 Å². The smallest absolute Gasteiger partial charge is 0.335 e. The Kier molecular flexibility index (Phi) is 4.88. The van der Waals surface area contributed by atoms with Crippen molar-refractivity contribution in [3.8, 4) is 0 Å². The molecule has 0 saturated carbocycles. The molecule has 4 rings (SSSR count). The first-order valence-electron chi connectivity index (χ1n) is 8.92. The Bertz CT molecular complexity index is 1390. The molecule has 0 fully saturated rings. The number of aromatic nitrogens is 1. The minimum absolute atomic E-state index is 0.0375. The summed E-state index contributed by atoms with van der Waals surface area (Å²) in [6, 6.07) is 14.0. The van der Waals surface area contributed by atoms with Crippen molar-refractivity contribution in [3.05, 3.63) is 107 Å². The van der Waals surface area contributed by atoms with Crippen LogP contribution in [0, 0.1) is 10.1 Å². The number of nitro benzene ring substituents is 1. The molecule has 30 heavy (non-hydrogen) atoms. The van der Waals surface area contributed by atoms with Crippen LogP contribution in [-0.2, 0) is 4.79 Å². The average molecular weight is 421 g/mol. The number of fused-ring (bicyclic) bond motifs is 1. The number of allylic oxidation sites excluding steroid dienone is 1. The van der Waals surface area contributed by atoms with E-state index in [1.54, 1.807) is 49.4 Å². The Balaban J connectivity index is 1.96. The van der Waals surface area contributed by atoms with Crippen molar-refractivity contribution in [3.63, 3.8) is 0 Å². The van der Waals surface area contributed by atoms with Gasteiger partial charge in [-0.2, -0.15) is 0 Å². The number of hydrogen-bond acceptors (Lipinski definition) is 6. The molecule has 0 saturated heterocycles. The maximum atomic E-state index is 13.2. The Morgan fingerprint density at radius 2 is 1.97 bits per heavy atom. The van der Waals surface area contributed by atoms with Gasteiger partial charge in [-0.25, -0.2) is 9.79 Å². The van der Waals surface area contributed by atoms with Crippen molar-refractivity contribution < 1.29 is 14.8 Å². The van der Waals surface area contributed by atoms with Gasteiger partial charge in [0.05, 0.1) is 26.8 Å². The maximum absolute atomic E-state index is 13.2. The van der Waals surface area contributed by atoms with Gasteiger partial charge in [-0.15, -0.1) is 0 Å². The number of nitrogens with zero attached hydrogens (tertiary/aromatic N) is 3. The SMILES string of the molecule is CC1=C(C(=O)O)C(c2ccccc2)n2c(sc(=Cc3cccc([N+](=O)[O-])c3)c2=O)=N1. The van der Waals surface area contributed by atoms with Crippen LogP contribution < -0.4 is 14.9 Å². The Labute approximate surface area is 173 Å². The second-order valence-corrected chi connectivity index (χ2v) is 7.66. The molecule has 1 aromatic heterocycles. The fourth-order valence-electron chi connectivity index (χ4n) is 3.43. The van der Waals surface area contributed by atoms with E-state index >= 15 is 0 Å². The molecule has 1 unspecified atom stereocenters. The lowest BCUT2D eigenvalue weighted by Gasteiger charge is -2.23. The molecule has 0 spiro atoms. The third-order valence-electron chi connectivity index (χ3n) is 4.75. The minimum atomic E-state index is -1.14. The van der Waals surface area contributed by atoms with E-state index in [1.165, 1.54) is 16.7 Å². The maximum Gasteiger partial charge on any atom is 0.335 e. The van der Waals surface area contributed by atoms with Crippen LogP contribution in [-0.4, -0.2) is 20.6 Å². The van der Waals surface area contributed by atoms with E-state index in [2.05, 4.69) is 4.99 Å². The Hall–Kier alpha value is -3.85. The molecule has 0 radical (unpaired) electrons. The predicted octanol–water partition coefficient (Wildman–Crippen LogP) is 2.23. The standard InChI is InChI=1S/C21H15N3O5S/c1-12-17(20(26)27)18(14-7-3-2-4-8-14)23-19(25)16(30-21(23)22-12)11-13-6-5-9-15(10-13)24(28)29/h2-11,18H,1H3,(H,26,27). The molecule has 3 aromatic rings. The molecule has 2 aromatic carbocycles. The van der Waals surface area contributed by atoms with Crippen LogP contribution in [0.15, 0.2) is 75.7 Å². The number of hydrogen-bond donors (Lipinski definition) is 1. The molecule has 1 aliphatic rings. The summed E-state index contributed by atoms with van der Waals surface area (Å²) in [6.45, 7) is 1.61. The summed E-state index contributed by atoms with van der Waals surface area (Å²) in [5.41, 5.74) is 1.05. The summed E-state index contributed by atoms with van der Waals surface area (Å²) < 4.78 is 1.69.